The molecule has 1 atom stereocenters. The van der Waals surface area contributed by atoms with Crippen LogP contribution in [0.4, 0.5) is 19.0 Å². The summed E-state index contributed by atoms with van der Waals surface area (Å²) in [6.45, 7) is 5.68. The molecule has 43 heavy (non-hydrogen) atoms. The summed E-state index contributed by atoms with van der Waals surface area (Å²) < 4.78 is 49.5. The number of ether oxygens (including phenoxy) is 1. The summed E-state index contributed by atoms with van der Waals surface area (Å²) in [5, 5.41) is 7.03. The van der Waals surface area contributed by atoms with Crippen LogP contribution in [0.15, 0.2) is 66.7 Å². The topological polar surface area (TPSA) is 76.5 Å². The van der Waals surface area contributed by atoms with Gasteiger partial charge in [0, 0.05) is 29.2 Å². The lowest BCUT2D eigenvalue weighted by Gasteiger charge is -2.24. The molecule has 5 rings (SSSR count). The van der Waals surface area contributed by atoms with E-state index in [1.807, 2.05) is 20.8 Å². The fraction of sp³-hybridized carbons (Fsp3) is 0.281. The summed E-state index contributed by atoms with van der Waals surface area (Å²) in [4.78, 5) is 28.4. The quantitative estimate of drug-likeness (QED) is 0.275. The molecule has 2 amide bonds. The van der Waals surface area contributed by atoms with Crippen LogP contribution in [0.3, 0.4) is 0 Å². The van der Waals surface area contributed by atoms with Gasteiger partial charge in [-0.25, -0.2) is 17.9 Å². The van der Waals surface area contributed by atoms with Crippen molar-refractivity contribution in [3.8, 4) is 11.4 Å². The van der Waals surface area contributed by atoms with E-state index in [9.17, 15) is 18.4 Å². The molecule has 0 fully saturated rings. The number of methoxy groups -OCH3 is 1. The third-order valence-corrected chi connectivity index (χ3v) is 8.30. The minimum atomic E-state index is -0.738. The Bertz CT molecular complexity index is 1650. The number of anilines is 1. The number of aromatic nitrogens is 2. The molecule has 0 aliphatic carbocycles. The molecule has 1 aliphatic rings. The number of benzene rings is 3. The molecule has 2 heterocycles. The van der Waals surface area contributed by atoms with Gasteiger partial charge in [-0.15, -0.1) is 11.8 Å². The number of amides is 2. The van der Waals surface area contributed by atoms with Gasteiger partial charge < -0.3 is 10.1 Å². The van der Waals surface area contributed by atoms with Crippen LogP contribution in [0.1, 0.15) is 48.4 Å². The molecule has 0 spiro atoms. The second kappa shape index (κ2) is 12.2. The Hall–Kier alpha value is -4.25. The van der Waals surface area contributed by atoms with E-state index in [-0.39, 0.29) is 36.1 Å². The van der Waals surface area contributed by atoms with Gasteiger partial charge in [-0.2, -0.15) is 5.10 Å². The maximum atomic E-state index is 15.3. The van der Waals surface area contributed by atoms with Crippen molar-refractivity contribution in [3.63, 3.8) is 0 Å². The number of nitrogens with one attached hydrogen (secondary N) is 1. The Kier molecular flexibility index (Phi) is 8.55. The number of nitrogens with zero attached hydrogens (tertiary/aromatic N) is 3. The predicted octanol–water partition coefficient (Wildman–Crippen LogP) is 6.08. The molecular weight excluding hydrogens is 577 g/mol. The van der Waals surface area contributed by atoms with Crippen LogP contribution in [0.2, 0.25) is 0 Å². The van der Waals surface area contributed by atoms with Crippen LogP contribution in [0.5, 0.6) is 5.75 Å². The molecular formula is C32H31F3N4O3S. The maximum absolute atomic E-state index is 15.3. The first-order chi connectivity index (χ1) is 20.5. The Morgan fingerprint density at radius 3 is 2.33 bits per heavy atom. The fourth-order valence-electron chi connectivity index (χ4n) is 4.94. The molecule has 1 N–H and O–H groups in total. The fourth-order valence-corrected chi connectivity index (χ4v) is 6.16. The standard InChI is InChI=1S/C32H31F3N4O3S/c1-32(2,3)30-28-29(24-14-9-21(34)15-25(24)35)43-18-27(41)38(17-26(40)36-16-19-5-7-20(33)8-6-19)31(28)39(37-30)22-10-12-23(42-4)13-11-22/h5-15,29H,16-18H2,1-4H3,(H,36,40)/t29-/m0/s1. The molecule has 0 bridgehead atoms. The number of hydrogen-bond acceptors (Lipinski definition) is 5. The number of carbonyl (C=O) groups is 2. The van der Waals surface area contributed by atoms with E-state index in [4.69, 9.17) is 9.84 Å². The minimum absolute atomic E-state index is 0.0619. The van der Waals surface area contributed by atoms with E-state index >= 15 is 4.39 Å². The molecule has 224 valence electrons. The highest BCUT2D eigenvalue weighted by molar-refractivity contribution is 8.00. The van der Waals surface area contributed by atoms with Gasteiger partial charge in [0.1, 0.15) is 35.6 Å². The van der Waals surface area contributed by atoms with Gasteiger partial charge in [0.15, 0.2) is 0 Å². The number of thioether (sulfide) groups is 1. The van der Waals surface area contributed by atoms with E-state index in [1.54, 1.807) is 48.2 Å². The van der Waals surface area contributed by atoms with Crippen molar-refractivity contribution in [1.29, 1.82) is 0 Å². The van der Waals surface area contributed by atoms with Crippen molar-refractivity contribution in [3.05, 3.63) is 107 Å². The third-order valence-electron chi connectivity index (χ3n) is 7.07. The summed E-state index contributed by atoms with van der Waals surface area (Å²) in [7, 11) is 1.55. The van der Waals surface area contributed by atoms with E-state index in [0.717, 1.165) is 6.07 Å². The zero-order valence-electron chi connectivity index (χ0n) is 24.2. The molecule has 4 aromatic rings. The predicted molar refractivity (Wildman–Crippen MR) is 160 cm³/mol. The normalized spacial score (nSPS) is 15.2. The zero-order valence-corrected chi connectivity index (χ0v) is 25.0. The second-order valence-electron chi connectivity index (χ2n) is 11.2. The van der Waals surface area contributed by atoms with Crippen LogP contribution in [-0.4, -0.2) is 41.0 Å². The molecule has 11 heteroatoms. The van der Waals surface area contributed by atoms with Crippen LogP contribution < -0.4 is 15.0 Å². The molecule has 7 nitrogen and oxygen atoms in total. The molecule has 1 aliphatic heterocycles. The summed E-state index contributed by atoms with van der Waals surface area (Å²) >= 11 is 1.20. The first-order valence-corrected chi connectivity index (χ1v) is 14.7. The van der Waals surface area contributed by atoms with Gasteiger partial charge in [0.2, 0.25) is 11.8 Å². The smallest absolute Gasteiger partial charge is 0.240 e. The summed E-state index contributed by atoms with van der Waals surface area (Å²) in [6, 6.07) is 16.2. The number of fused-ring (bicyclic) bond motifs is 1. The zero-order chi connectivity index (χ0) is 30.9. The third kappa shape index (κ3) is 6.41. The van der Waals surface area contributed by atoms with E-state index < -0.39 is 28.2 Å². The first-order valence-electron chi connectivity index (χ1n) is 13.6. The van der Waals surface area contributed by atoms with Crippen molar-refractivity contribution in [2.75, 3.05) is 24.3 Å². The Balaban J connectivity index is 1.65. The van der Waals surface area contributed by atoms with Crippen molar-refractivity contribution in [1.82, 2.24) is 15.1 Å². The highest BCUT2D eigenvalue weighted by atomic mass is 32.2. The highest BCUT2D eigenvalue weighted by Crippen LogP contribution is 2.49. The van der Waals surface area contributed by atoms with E-state index in [0.29, 0.717) is 34.1 Å². The van der Waals surface area contributed by atoms with Gasteiger partial charge in [-0.1, -0.05) is 39.0 Å². The van der Waals surface area contributed by atoms with E-state index in [1.165, 1.54) is 40.9 Å². The van der Waals surface area contributed by atoms with Crippen LogP contribution in [0.25, 0.3) is 5.69 Å². The molecule has 0 unspecified atom stereocenters. The van der Waals surface area contributed by atoms with Crippen LogP contribution in [-0.2, 0) is 21.5 Å². The molecule has 0 saturated carbocycles. The summed E-state index contributed by atoms with van der Waals surface area (Å²) in [5.74, 6) is -1.76. The second-order valence-corrected chi connectivity index (χ2v) is 12.3. The number of rotatable bonds is 7. The highest BCUT2D eigenvalue weighted by Gasteiger charge is 2.40. The Labute approximate surface area is 252 Å². The Morgan fingerprint density at radius 1 is 1.02 bits per heavy atom. The van der Waals surface area contributed by atoms with Crippen LogP contribution >= 0.6 is 11.8 Å². The van der Waals surface area contributed by atoms with Gasteiger partial charge in [-0.05, 0) is 48.0 Å². The van der Waals surface area contributed by atoms with Crippen LogP contribution in [0, 0.1) is 17.5 Å². The monoisotopic (exact) mass is 608 g/mol. The van der Waals surface area contributed by atoms with Crippen molar-refractivity contribution >= 4 is 29.4 Å². The number of hydrogen-bond donors (Lipinski definition) is 1. The number of halogens is 3. The van der Waals surface area contributed by atoms with Crippen molar-refractivity contribution in [2.24, 2.45) is 0 Å². The van der Waals surface area contributed by atoms with E-state index in [2.05, 4.69) is 5.32 Å². The minimum Gasteiger partial charge on any atom is -0.497 e. The largest absolute Gasteiger partial charge is 0.497 e. The lowest BCUT2D eigenvalue weighted by molar-refractivity contribution is -0.123. The average molecular weight is 609 g/mol. The SMILES string of the molecule is COc1ccc(-n2nc(C(C)(C)C)c3c2N(CC(=O)NCc2ccc(F)cc2)C(=O)CS[C@H]3c2ccc(F)cc2F)cc1. The lowest BCUT2D eigenvalue weighted by Crippen LogP contribution is -2.42. The average Bonchev–Trinajstić information content (AvgIpc) is 3.31. The molecule has 0 radical (unpaired) electrons. The summed E-state index contributed by atoms with van der Waals surface area (Å²) in [5.41, 5.74) is 2.12. The van der Waals surface area contributed by atoms with Gasteiger partial charge >= 0.3 is 0 Å². The lowest BCUT2D eigenvalue weighted by atomic mass is 9.87. The van der Waals surface area contributed by atoms with Gasteiger partial charge in [-0.3, -0.25) is 14.5 Å². The van der Waals surface area contributed by atoms with Gasteiger partial charge in [0.25, 0.3) is 0 Å². The number of carbonyl (C=O) groups excluding carboxylic acids is 2. The van der Waals surface area contributed by atoms with Crippen molar-refractivity contribution < 1.29 is 27.5 Å². The molecule has 3 aromatic carbocycles. The Morgan fingerprint density at radius 2 is 1.70 bits per heavy atom. The molecule has 1 aromatic heterocycles. The molecule has 0 saturated heterocycles. The summed E-state index contributed by atoms with van der Waals surface area (Å²) in [6.07, 6.45) is 0. The maximum Gasteiger partial charge on any atom is 0.240 e. The first kappa shape index (κ1) is 30.2. The van der Waals surface area contributed by atoms with Gasteiger partial charge in [0.05, 0.1) is 29.5 Å². The van der Waals surface area contributed by atoms with Crippen molar-refractivity contribution in [2.45, 2.75) is 38.0 Å².